The van der Waals surface area contributed by atoms with Gasteiger partial charge >= 0.3 is 6.03 Å². The third-order valence-corrected chi connectivity index (χ3v) is 3.80. The van der Waals surface area contributed by atoms with E-state index in [1.165, 1.54) is 0 Å². The maximum absolute atomic E-state index is 12.1. The standard InChI is InChI=1S/C15H19N3O3/c19-14-2-1-7-18(14)13-5-3-12(4-6-13)16-15(20)17-8-10-21-11-9-17/h3-6H,1-2,7-11H2,(H,16,20). The zero-order chi connectivity index (χ0) is 14.7. The third-order valence-electron chi connectivity index (χ3n) is 3.80. The SMILES string of the molecule is O=C(Nc1ccc(N2CCCC2=O)cc1)N1CCOCC1. The number of anilines is 2. The molecule has 6 nitrogen and oxygen atoms in total. The normalized spacial score (nSPS) is 19.0. The lowest BCUT2D eigenvalue weighted by atomic mass is 10.2. The molecule has 6 heteroatoms. The number of hydrogen-bond donors (Lipinski definition) is 1. The van der Waals surface area contributed by atoms with Gasteiger partial charge in [0.2, 0.25) is 5.91 Å². The second-order valence-electron chi connectivity index (χ2n) is 5.23. The second kappa shape index (κ2) is 6.13. The molecular weight excluding hydrogens is 270 g/mol. The second-order valence-corrected chi connectivity index (χ2v) is 5.23. The lowest BCUT2D eigenvalue weighted by Gasteiger charge is -2.27. The Morgan fingerprint density at radius 3 is 2.43 bits per heavy atom. The topological polar surface area (TPSA) is 61.9 Å². The van der Waals surface area contributed by atoms with Gasteiger partial charge in [-0.2, -0.15) is 0 Å². The van der Waals surface area contributed by atoms with Crippen molar-refractivity contribution >= 4 is 23.3 Å². The summed E-state index contributed by atoms with van der Waals surface area (Å²) in [7, 11) is 0. The molecule has 0 aromatic heterocycles. The van der Waals surface area contributed by atoms with E-state index in [0.717, 1.165) is 24.3 Å². The molecule has 0 saturated carbocycles. The fourth-order valence-electron chi connectivity index (χ4n) is 2.61. The summed E-state index contributed by atoms with van der Waals surface area (Å²) in [5.41, 5.74) is 1.63. The summed E-state index contributed by atoms with van der Waals surface area (Å²) >= 11 is 0. The number of rotatable bonds is 2. The molecule has 1 aromatic carbocycles. The highest BCUT2D eigenvalue weighted by atomic mass is 16.5. The summed E-state index contributed by atoms with van der Waals surface area (Å²) in [6.45, 7) is 3.18. The van der Waals surface area contributed by atoms with Crippen LogP contribution in [0.25, 0.3) is 0 Å². The van der Waals surface area contributed by atoms with Crippen molar-refractivity contribution < 1.29 is 14.3 Å². The first kappa shape index (κ1) is 13.9. The van der Waals surface area contributed by atoms with Crippen molar-refractivity contribution in [2.45, 2.75) is 12.8 Å². The van der Waals surface area contributed by atoms with E-state index in [1.807, 2.05) is 24.3 Å². The molecule has 112 valence electrons. The van der Waals surface area contributed by atoms with Gasteiger partial charge in [0.25, 0.3) is 0 Å². The largest absolute Gasteiger partial charge is 0.378 e. The highest BCUT2D eigenvalue weighted by molar-refractivity contribution is 5.96. The maximum Gasteiger partial charge on any atom is 0.321 e. The Hall–Kier alpha value is -2.08. The van der Waals surface area contributed by atoms with Crippen molar-refractivity contribution in [2.75, 3.05) is 43.1 Å². The molecular formula is C15H19N3O3. The number of carbonyl (C=O) groups is 2. The van der Waals surface area contributed by atoms with Crippen LogP contribution in [0.2, 0.25) is 0 Å². The van der Waals surface area contributed by atoms with Gasteiger partial charge in [0.1, 0.15) is 0 Å². The Bertz CT molecular complexity index is 523. The average Bonchev–Trinajstić information content (AvgIpc) is 2.95. The van der Waals surface area contributed by atoms with E-state index >= 15 is 0 Å². The number of nitrogens with one attached hydrogen (secondary N) is 1. The molecule has 1 aromatic rings. The molecule has 2 fully saturated rings. The molecule has 21 heavy (non-hydrogen) atoms. The number of amides is 3. The highest BCUT2D eigenvalue weighted by Gasteiger charge is 2.21. The Balaban J connectivity index is 1.61. The van der Waals surface area contributed by atoms with Crippen molar-refractivity contribution in [1.82, 2.24) is 4.90 Å². The number of hydrogen-bond acceptors (Lipinski definition) is 3. The molecule has 3 amide bonds. The van der Waals surface area contributed by atoms with E-state index in [0.29, 0.717) is 32.7 Å². The Morgan fingerprint density at radius 1 is 1.10 bits per heavy atom. The van der Waals surface area contributed by atoms with Crippen LogP contribution in [0.15, 0.2) is 24.3 Å². The minimum atomic E-state index is -0.108. The van der Waals surface area contributed by atoms with Crippen LogP contribution in [-0.2, 0) is 9.53 Å². The molecule has 3 rings (SSSR count). The van der Waals surface area contributed by atoms with Gasteiger partial charge < -0.3 is 19.9 Å². The molecule has 2 aliphatic heterocycles. The molecule has 0 bridgehead atoms. The molecule has 0 aliphatic carbocycles. The molecule has 0 unspecified atom stereocenters. The summed E-state index contributed by atoms with van der Waals surface area (Å²) < 4.78 is 5.22. The predicted molar refractivity (Wildman–Crippen MR) is 79.4 cm³/mol. The molecule has 0 radical (unpaired) electrons. The maximum atomic E-state index is 12.1. The molecule has 2 saturated heterocycles. The number of nitrogens with zero attached hydrogens (tertiary/aromatic N) is 2. The fraction of sp³-hybridized carbons (Fsp3) is 0.467. The Morgan fingerprint density at radius 2 is 1.81 bits per heavy atom. The summed E-state index contributed by atoms with van der Waals surface area (Å²) in [4.78, 5) is 27.3. The van der Waals surface area contributed by atoms with Crippen molar-refractivity contribution in [1.29, 1.82) is 0 Å². The first-order valence-corrected chi connectivity index (χ1v) is 7.28. The predicted octanol–water partition coefficient (Wildman–Crippen LogP) is 1.68. The van der Waals surface area contributed by atoms with Crippen LogP contribution < -0.4 is 10.2 Å². The zero-order valence-electron chi connectivity index (χ0n) is 11.9. The summed E-state index contributed by atoms with van der Waals surface area (Å²) in [5.74, 6) is 0.167. The Labute approximate surface area is 123 Å². The molecule has 1 N–H and O–H groups in total. The zero-order valence-corrected chi connectivity index (χ0v) is 11.9. The number of carbonyl (C=O) groups excluding carboxylic acids is 2. The van der Waals surface area contributed by atoms with Crippen LogP contribution in [0, 0.1) is 0 Å². The molecule has 0 spiro atoms. The molecule has 0 atom stereocenters. The van der Waals surface area contributed by atoms with Crippen LogP contribution in [0.5, 0.6) is 0 Å². The summed E-state index contributed by atoms with van der Waals surface area (Å²) in [5, 5.41) is 2.87. The van der Waals surface area contributed by atoms with Gasteiger partial charge in [-0.25, -0.2) is 4.79 Å². The van der Waals surface area contributed by atoms with E-state index < -0.39 is 0 Å². The van der Waals surface area contributed by atoms with E-state index in [1.54, 1.807) is 9.80 Å². The van der Waals surface area contributed by atoms with Crippen molar-refractivity contribution in [2.24, 2.45) is 0 Å². The quantitative estimate of drug-likeness (QED) is 0.901. The van der Waals surface area contributed by atoms with Gasteiger partial charge in [-0.05, 0) is 30.7 Å². The van der Waals surface area contributed by atoms with Crippen LogP contribution >= 0.6 is 0 Å². The van der Waals surface area contributed by atoms with Crippen LogP contribution in [0.4, 0.5) is 16.2 Å². The summed E-state index contributed by atoms with van der Waals surface area (Å²) in [6, 6.07) is 7.30. The van der Waals surface area contributed by atoms with Crippen LogP contribution in [-0.4, -0.2) is 49.7 Å². The minimum absolute atomic E-state index is 0.108. The molecule has 2 heterocycles. The first-order valence-electron chi connectivity index (χ1n) is 7.28. The lowest BCUT2D eigenvalue weighted by molar-refractivity contribution is -0.117. The monoisotopic (exact) mass is 289 g/mol. The van der Waals surface area contributed by atoms with E-state index in [4.69, 9.17) is 4.74 Å². The number of morpholine rings is 1. The first-order chi connectivity index (χ1) is 10.2. The van der Waals surface area contributed by atoms with Crippen LogP contribution in [0.1, 0.15) is 12.8 Å². The van der Waals surface area contributed by atoms with E-state index in [9.17, 15) is 9.59 Å². The van der Waals surface area contributed by atoms with E-state index in [-0.39, 0.29) is 11.9 Å². The fourth-order valence-corrected chi connectivity index (χ4v) is 2.61. The van der Waals surface area contributed by atoms with Gasteiger partial charge in [-0.3, -0.25) is 4.79 Å². The third kappa shape index (κ3) is 3.16. The summed E-state index contributed by atoms with van der Waals surface area (Å²) in [6.07, 6.45) is 1.53. The van der Waals surface area contributed by atoms with Gasteiger partial charge in [-0.1, -0.05) is 0 Å². The number of benzene rings is 1. The molecule has 2 aliphatic rings. The van der Waals surface area contributed by atoms with Gasteiger partial charge in [0, 0.05) is 37.4 Å². The van der Waals surface area contributed by atoms with Crippen molar-refractivity contribution in [3.05, 3.63) is 24.3 Å². The average molecular weight is 289 g/mol. The van der Waals surface area contributed by atoms with Gasteiger partial charge in [0.05, 0.1) is 13.2 Å². The number of ether oxygens (including phenoxy) is 1. The van der Waals surface area contributed by atoms with Crippen molar-refractivity contribution in [3.8, 4) is 0 Å². The lowest BCUT2D eigenvalue weighted by Crippen LogP contribution is -2.43. The Kier molecular flexibility index (Phi) is 4.06. The minimum Gasteiger partial charge on any atom is -0.378 e. The number of urea groups is 1. The van der Waals surface area contributed by atoms with Crippen molar-refractivity contribution in [3.63, 3.8) is 0 Å². The van der Waals surface area contributed by atoms with Gasteiger partial charge in [0.15, 0.2) is 0 Å². The van der Waals surface area contributed by atoms with Crippen LogP contribution in [0.3, 0.4) is 0 Å². The van der Waals surface area contributed by atoms with E-state index in [2.05, 4.69) is 5.32 Å². The van der Waals surface area contributed by atoms with Gasteiger partial charge in [-0.15, -0.1) is 0 Å². The highest BCUT2D eigenvalue weighted by Crippen LogP contribution is 2.23. The smallest absolute Gasteiger partial charge is 0.321 e.